The predicted molar refractivity (Wildman–Crippen MR) is 117 cm³/mol. The highest BCUT2D eigenvalue weighted by Crippen LogP contribution is 2.34. The molecule has 3 aromatic rings. The number of aliphatic hydroxyl groups is 1. The number of hydrogen-bond acceptors (Lipinski definition) is 6. The van der Waals surface area contributed by atoms with Gasteiger partial charge in [-0.25, -0.2) is 4.98 Å². The molecule has 0 spiro atoms. The lowest BCUT2D eigenvalue weighted by Gasteiger charge is -2.12. The van der Waals surface area contributed by atoms with Crippen LogP contribution >= 0.6 is 23.1 Å². The molecular weight excluding hydrogens is 406 g/mol. The molecule has 1 aliphatic rings. The molecule has 3 N–H and O–H groups in total. The van der Waals surface area contributed by atoms with E-state index in [1.807, 2.05) is 30.3 Å². The van der Waals surface area contributed by atoms with E-state index >= 15 is 0 Å². The summed E-state index contributed by atoms with van der Waals surface area (Å²) in [6.45, 7) is 0.197. The summed E-state index contributed by atoms with van der Waals surface area (Å²) in [6, 6.07) is 9.27. The van der Waals surface area contributed by atoms with E-state index in [2.05, 4.69) is 15.3 Å². The number of aryl methyl sites for hydroxylation is 2. The largest absolute Gasteiger partial charge is 0.387 e. The average Bonchev–Trinajstić information content (AvgIpc) is 3.31. The Morgan fingerprint density at radius 1 is 1.31 bits per heavy atom. The first-order valence-corrected chi connectivity index (χ1v) is 11.7. The summed E-state index contributed by atoms with van der Waals surface area (Å²) in [5.74, 6) is 1.75. The van der Waals surface area contributed by atoms with Gasteiger partial charge in [0, 0.05) is 23.6 Å². The molecule has 6 nitrogen and oxygen atoms in total. The van der Waals surface area contributed by atoms with Gasteiger partial charge < -0.3 is 15.4 Å². The number of hydrogen-bond donors (Lipinski definition) is 3. The highest BCUT2D eigenvalue weighted by atomic mass is 32.2. The molecule has 1 unspecified atom stereocenters. The molecule has 0 radical (unpaired) electrons. The van der Waals surface area contributed by atoms with Crippen molar-refractivity contribution in [3.63, 3.8) is 0 Å². The van der Waals surface area contributed by atoms with Crippen molar-refractivity contribution >= 4 is 39.2 Å². The average molecular weight is 430 g/mol. The Hall–Kier alpha value is -2.16. The molecule has 1 aliphatic carbocycles. The molecule has 4 rings (SSSR count). The van der Waals surface area contributed by atoms with Gasteiger partial charge in [-0.15, -0.1) is 11.3 Å². The van der Waals surface area contributed by atoms with Crippen LogP contribution in [0.3, 0.4) is 0 Å². The smallest absolute Gasteiger partial charge is 0.259 e. The van der Waals surface area contributed by atoms with Crippen LogP contribution in [0, 0.1) is 0 Å². The summed E-state index contributed by atoms with van der Waals surface area (Å²) in [6.07, 6.45) is 2.79. The van der Waals surface area contributed by atoms with Gasteiger partial charge in [0.15, 0.2) is 0 Å². The van der Waals surface area contributed by atoms with Crippen LogP contribution in [-0.2, 0) is 23.4 Å². The molecule has 0 bridgehead atoms. The summed E-state index contributed by atoms with van der Waals surface area (Å²) in [5, 5.41) is 13.6. The first kappa shape index (κ1) is 20.1. The lowest BCUT2D eigenvalue weighted by atomic mass is 10.1. The number of amides is 1. The Kier molecular flexibility index (Phi) is 6.32. The lowest BCUT2D eigenvalue weighted by molar-refractivity contribution is -0.121. The first-order valence-electron chi connectivity index (χ1n) is 9.72. The van der Waals surface area contributed by atoms with Crippen molar-refractivity contribution in [1.29, 1.82) is 0 Å². The molecule has 8 heteroatoms. The van der Waals surface area contributed by atoms with E-state index < -0.39 is 6.10 Å². The van der Waals surface area contributed by atoms with E-state index in [1.165, 1.54) is 10.4 Å². The van der Waals surface area contributed by atoms with Crippen molar-refractivity contribution in [2.24, 2.45) is 0 Å². The van der Waals surface area contributed by atoms with Crippen molar-refractivity contribution in [3.05, 3.63) is 62.5 Å². The molecule has 0 saturated carbocycles. The van der Waals surface area contributed by atoms with Crippen LogP contribution in [0.2, 0.25) is 0 Å². The monoisotopic (exact) mass is 429 g/mol. The fourth-order valence-corrected chi connectivity index (χ4v) is 5.63. The minimum atomic E-state index is -0.707. The van der Waals surface area contributed by atoms with Crippen LogP contribution < -0.4 is 10.9 Å². The van der Waals surface area contributed by atoms with E-state index in [1.54, 1.807) is 23.1 Å². The van der Waals surface area contributed by atoms with Gasteiger partial charge >= 0.3 is 0 Å². The molecule has 2 heterocycles. The number of aromatic amines is 1. The summed E-state index contributed by atoms with van der Waals surface area (Å²) < 4.78 is 0. The SMILES string of the molecule is O=C(CCSCc1nc2sc3c(c2c(=O)[nH]1)CCC3)NCC(O)c1ccccc1. The maximum Gasteiger partial charge on any atom is 0.259 e. The van der Waals surface area contributed by atoms with Crippen molar-refractivity contribution < 1.29 is 9.90 Å². The van der Waals surface area contributed by atoms with E-state index in [-0.39, 0.29) is 18.0 Å². The van der Waals surface area contributed by atoms with Gasteiger partial charge in [0.25, 0.3) is 5.56 Å². The van der Waals surface area contributed by atoms with Crippen molar-refractivity contribution in [3.8, 4) is 0 Å². The number of aliphatic hydroxyl groups excluding tert-OH is 1. The van der Waals surface area contributed by atoms with Crippen LogP contribution in [0.1, 0.15) is 40.8 Å². The second kappa shape index (κ2) is 9.11. The number of carbonyl (C=O) groups excluding carboxylic acids is 1. The number of nitrogens with zero attached hydrogens (tertiary/aromatic N) is 1. The summed E-state index contributed by atoms with van der Waals surface area (Å²) in [4.78, 5) is 34.1. The van der Waals surface area contributed by atoms with Crippen molar-refractivity contribution in [2.45, 2.75) is 37.5 Å². The van der Waals surface area contributed by atoms with Gasteiger partial charge in [0.1, 0.15) is 10.7 Å². The van der Waals surface area contributed by atoms with Gasteiger partial charge in [-0.3, -0.25) is 9.59 Å². The highest BCUT2D eigenvalue weighted by Gasteiger charge is 2.21. The zero-order chi connectivity index (χ0) is 20.2. The van der Waals surface area contributed by atoms with E-state index in [0.29, 0.717) is 23.8 Å². The molecule has 29 heavy (non-hydrogen) atoms. The van der Waals surface area contributed by atoms with Crippen molar-refractivity contribution in [2.75, 3.05) is 12.3 Å². The lowest BCUT2D eigenvalue weighted by Crippen LogP contribution is -2.28. The zero-order valence-electron chi connectivity index (χ0n) is 15.9. The number of benzene rings is 1. The molecule has 0 fully saturated rings. The summed E-state index contributed by atoms with van der Waals surface area (Å²) in [5.41, 5.74) is 1.93. The van der Waals surface area contributed by atoms with E-state index in [4.69, 9.17) is 0 Å². The molecule has 1 amide bonds. The minimum Gasteiger partial charge on any atom is -0.387 e. The van der Waals surface area contributed by atoms with Crippen molar-refractivity contribution in [1.82, 2.24) is 15.3 Å². The maximum absolute atomic E-state index is 12.4. The molecule has 2 aromatic heterocycles. The van der Waals surface area contributed by atoms with E-state index in [0.717, 1.165) is 35.0 Å². The maximum atomic E-state index is 12.4. The third-order valence-electron chi connectivity index (χ3n) is 5.01. The number of thioether (sulfide) groups is 1. The van der Waals surface area contributed by atoms with Gasteiger partial charge in [0.05, 0.1) is 17.2 Å². The number of aromatic nitrogens is 2. The molecule has 1 atom stereocenters. The third-order valence-corrected chi connectivity index (χ3v) is 7.17. The molecule has 0 aliphatic heterocycles. The third kappa shape index (κ3) is 4.71. The van der Waals surface area contributed by atoms with Gasteiger partial charge in [-0.2, -0.15) is 11.8 Å². The molecule has 0 saturated heterocycles. The summed E-state index contributed by atoms with van der Waals surface area (Å²) >= 11 is 3.20. The van der Waals surface area contributed by atoms with Gasteiger partial charge in [-0.05, 0) is 30.4 Å². The Morgan fingerprint density at radius 3 is 2.97 bits per heavy atom. The first-order chi connectivity index (χ1) is 14.1. The minimum absolute atomic E-state index is 0.0438. The molecule has 152 valence electrons. The Morgan fingerprint density at radius 2 is 2.14 bits per heavy atom. The Balaban J connectivity index is 1.23. The topological polar surface area (TPSA) is 95.1 Å². The number of carbonyl (C=O) groups is 1. The van der Waals surface area contributed by atoms with Crippen LogP contribution in [0.5, 0.6) is 0 Å². The molecular formula is C21H23N3O3S2. The quantitative estimate of drug-likeness (QED) is 0.479. The summed E-state index contributed by atoms with van der Waals surface area (Å²) in [7, 11) is 0. The van der Waals surface area contributed by atoms with Crippen LogP contribution in [-0.4, -0.2) is 33.3 Å². The van der Waals surface area contributed by atoms with Gasteiger partial charge in [0.2, 0.25) is 5.91 Å². The van der Waals surface area contributed by atoms with Crippen LogP contribution in [0.25, 0.3) is 10.2 Å². The normalized spacial score (nSPS) is 14.1. The van der Waals surface area contributed by atoms with Crippen LogP contribution in [0.15, 0.2) is 35.1 Å². The number of rotatable bonds is 8. The standard InChI is InChI=1S/C21H23N3O3S2/c25-15(13-5-2-1-3-6-13)11-22-18(26)9-10-28-12-17-23-20(27)19-14-7-4-8-16(14)29-21(19)24-17/h1-3,5-6,15,25H,4,7-12H2,(H,22,26)(H,23,24,27). The number of H-pyrrole nitrogens is 1. The second-order valence-corrected chi connectivity index (χ2v) is 9.27. The Labute approximate surface area is 176 Å². The second-order valence-electron chi connectivity index (χ2n) is 7.08. The Bertz CT molecular complexity index is 1060. The number of thiophene rings is 1. The molecule has 1 aromatic carbocycles. The highest BCUT2D eigenvalue weighted by molar-refractivity contribution is 7.98. The van der Waals surface area contributed by atoms with Crippen LogP contribution in [0.4, 0.5) is 0 Å². The fraction of sp³-hybridized carbons (Fsp3) is 0.381. The zero-order valence-corrected chi connectivity index (χ0v) is 17.6. The van der Waals surface area contributed by atoms with E-state index in [9.17, 15) is 14.7 Å². The fourth-order valence-electron chi connectivity index (χ4n) is 3.54. The number of nitrogens with one attached hydrogen (secondary N) is 2. The van der Waals surface area contributed by atoms with Gasteiger partial charge in [-0.1, -0.05) is 30.3 Å². The number of fused-ring (bicyclic) bond motifs is 3. The predicted octanol–water partition coefficient (Wildman–Crippen LogP) is 2.95.